The molecule has 2 rings (SSSR count). The summed E-state index contributed by atoms with van der Waals surface area (Å²) in [5.41, 5.74) is -1.34. The van der Waals surface area contributed by atoms with E-state index in [1.54, 1.807) is 11.8 Å². The zero-order valence-electron chi connectivity index (χ0n) is 10.5. The molecule has 0 aliphatic carbocycles. The molecule has 0 bridgehead atoms. The van der Waals surface area contributed by atoms with Crippen molar-refractivity contribution in [2.75, 3.05) is 11.5 Å². The van der Waals surface area contributed by atoms with Gasteiger partial charge in [-0.25, -0.2) is 4.39 Å². The minimum atomic E-state index is -4.74. The highest BCUT2D eigenvalue weighted by atomic mass is 32.2. The number of hydrogen-bond acceptors (Lipinski definition) is 3. The fourth-order valence-corrected chi connectivity index (χ4v) is 4.71. The van der Waals surface area contributed by atoms with Crippen molar-refractivity contribution in [2.45, 2.75) is 23.6 Å². The van der Waals surface area contributed by atoms with Crippen LogP contribution in [0.2, 0.25) is 0 Å². The Balaban J connectivity index is 2.25. The molecule has 1 saturated heterocycles. The molecule has 1 heterocycles. The molecule has 1 nitrogen and oxygen atoms in total. The lowest BCUT2D eigenvalue weighted by atomic mass is 10.0. The maximum atomic E-state index is 13.5. The third-order valence-electron chi connectivity index (χ3n) is 3.01. The molecule has 1 aromatic rings. The van der Waals surface area contributed by atoms with Gasteiger partial charge in [0.15, 0.2) is 5.78 Å². The summed E-state index contributed by atoms with van der Waals surface area (Å²) in [7, 11) is 0. The highest BCUT2D eigenvalue weighted by Crippen LogP contribution is 2.35. The molecule has 110 valence electrons. The zero-order valence-corrected chi connectivity index (χ0v) is 12.2. The summed E-state index contributed by atoms with van der Waals surface area (Å²) >= 11 is 3.12. The number of ketones is 1. The second-order valence-electron chi connectivity index (χ2n) is 4.42. The Morgan fingerprint density at radius 2 is 1.90 bits per heavy atom. The predicted octanol–water partition coefficient (Wildman–Crippen LogP) is 4.26. The third-order valence-corrected chi connectivity index (χ3v) is 6.09. The van der Waals surface area contributed by atoms with Gasteiger partial charge in [0.2, 0.25) is 0 Å². The van der Waals surface area contributed by atoms with E-state index in [0.717, 1.165) is 17.6 Å². The van der Waals surface area contributed by atoms with Crippen LogP contribution in [0, 0.1) is 5.82 Å². The van der Waals surface area contributed by atoms with Gasteiger partial charge >= 0.3 is 6.18 Å². The Labute approximate surface area is 122 Å². The molecule has 0 aromatic heterocycles. The van der Waals surface area contributed by atoms with Crippen molar-refractivity contribution < 1.29 is 22.4 Å². The van der Waals surface area contributed by atoms with Gasteiger partial charge < -0.3 is 0 Å². The van der Waals surface area contributed by atoms with Gasteiger partial charge in [-0.05, 0) is 12.1 Å². The fraction of sp³-hybridized carbons (Fsp3) is 0.462. The van der Waals surface area contributed by atoms with Gasteiger partial charge in [0, 0.05) is 22.3 Å². The van der Waals surface area contributed by atoms with Crippen LogP contribution in [-0.2, 0) is 6.18 Å². The van der Waals surface area contributed by atoms with Crippen LogP contribution in [0.5, 0.6) is 0 Å². The molecule has 1 fully saturated rings. The number of alkyl halides is 3. The molecule has 0 saturated carbocycles. The Morgan fingerprint density at radius 3 is 2.45 bits per heavy atom. The zero-order chi connectivity index (χ0) is 14.9. The van der Waals surface area contributed by atoms with E-state index in [4.69, 9.17) is 0 Å². The Morgan fingerprint density at radius 1 is 1.25 bits per heavy atom. The van der Waals surface area contributed by atoms with Crippen LogP contribution in [0.3, 0.4) is 0 Å². The number of halogens is 4. The van der Waals surface area contributed by atoms with Crippen LogP contribution < -0.4 is 0 Å². The first-order valence-corrected chi connectivity index (χ1v) is 8.04. The average Bonchev–Trinajstić information content (AvgIpc) is 2.37. The first kappa shape index (κ1) is 15.7. The summed E-state index contributed by atoms with van der Waals surface area (Å²) in [5.74, 6) is 0.0534. The smallest absolute Gasteiger partial charge is 0.293 e. The predicted molar refractivity (Wildman–Crippen MR) is 73.9 cm³/mol. The summed E-state index contributed by atoms with van der Waals surface area (Å²) in [4.78, 5) is 12.2. The number of thioether (sulfide) groups is 2. The van der Waals surface area contributed by atoms with E-state index >= 15 is 0 Å². The van der Waals surface area contributed by atoms with Crippen LogP contribution in [0.1, 0.15) is 22.8 Å². The number of hydrogen-bond donors (Lipinski definition) is 0. The summed E-state index contributed by atoms with van der Waals surface area (Å²) < 4.78 is 50.9. The molecular formula is C13H12F4OS2. The van der Waals surface area contributed by atoms with Crippen molar-refractivity contribution >= 4 is 29.3 Å². The first-order valence-electron chi connectivity index (χ1n) is 5.95. The highest BCUT2D eigenvalue weighted by molar-refractivity contribution is 8.07. The van der Waals surface area contributed by atoms with Crippen LogP contribution in [0.15, 0.2) is 18.2 Å². The molecule has 0 radical (unpaired) electrons. The molecule has 0 N–H and O–H groups in total. The van der Waals surface area contributed by atoms with Crippen molar-refractivity contribution in [1.82, 2.24) is 0 Å². The van der Waals surface area contributed by atoms with Gasteiger partial charge in [-0.15, -0.1) is 11.8 Å². The van der Waals surface area contributed by atoms with Crippen molar-refractivity contribution in [3.8, 4) is 0 Å². The van der Waals surface area contributed by atoms with Gasteiger partial charge in [0.05, 0.1) is 10.8 Å². The number of rotatable bonds is 2. The quantitative estimate of drug-likeness (QED) is 0.597. The Kier molecular flexibility index (Phi) is 4.69. The fourth-order valence-electron chi connectivity index (χ4n) is 1.98. The number of carbonyl (C=O) groups excluding carboxylic acids is 1. The second-order valence-corrected chi connectivity index (χ2v) is 7.16. The summed E-state index contributed by atoms with van der Waals surface area (Å²) in [6, 6.07) is 2.38. The minimum absolute atomic E-state index is 0.00218. The van der Waals surface area contributed by atoms with Crippen LogP contribution in [0.4, 0.5) is 17.6 Å². The normalized spacial score (nSPS) is 23.6. The monoisotopic (exact) mass is 324 g/mol. The third kappa shape index (κ3) is 3.31. The van der Waals surface area contributed by atoms with Crippen LogP contribution >= 0.6 is 23.5 Å². The molecule has 1 aromatic carbocycles. The number of benzene rings is 1. The summed E-state index contributed by atoms with van der Waals surface area (Å²) in [5, 5.41) is -0.253. The average molecular weight is 324 g/mol. The van der Waals surface area contributed by atoms with Crippen molar-refractivity contribution in [2.24, 2.45) is 0 Å². The van der Waals surface area contributed by atoms with Gasteiger partial charge in [0.1, 0.15) is 5.82 Å². The van der Waals surface area contributed by atoms with E-state index in [-0.39, 0.29) is 21.8 Å². The van der Waals surface area contributed by atoms with E-state index < -0.39 is 17.6 Å². The number of Topliss-reactive ketones (excluding diaryl/α,β-unsaturated/α-hetero) is 1. The second kappa shape index (κ2) is 5.97. The Bertz CT molecular complexity index is 516. The molecule has 2 unspecified atom stereocenters. The lowest BCUT2D eigenvalue weighted by Crippen LogP contribution is -2.31. The molecular weight excluding hydrogens is 312 g/mol. The summed E-state index contributed by atoms with van der Waals surface area (Å²) in [6.07, 6.45) is -4.74. The van der Waals surface area contributed by atoms with Crippen molar-refractivity contribution in [3.63, 3.8) is 0 Å². The van der Waals surface area contributed by atoms with E-state index in [1.165, 1.54) is 11.8 Å². The Hall–Kier alpha value is -0.690. The van der Waals surface area contributed by atoms with Crippen LogP contribution in [-0.4, -0.2) is 27.8 Å². The van der Waals surface area contributed by atoms with Crippen molar-refractivity contribution in [1.29, 1.82) is 0 Å². The molecule has 1 aliphatic heterocycles. The van der Waals surface area contributed by atoms with Gasteiger partial charge in [-0.3, -0.25) is 4.79 Å². The standard InChI is InChI=1S/C13H12F4OS2/c1-7-12(20-5-4-19-7)11(18)8-2-3-9(10(14)6-8)13(15,16)17/h2-3,6-7,12H,4-5H2,1H3. The SMILES string of the molecule is CC1SCCSC1C(=O)c1ccc(C(F)(F)F)c(F)c1. The van der Waals surface area contributed by atoms with Gasteiger partial charge in [0.25, 0.3) is 0 Å². The largest absolute Gasteiger partial charge is 0.419 e. The number of carbonyl (C=O) groups is 1. The molecule has 0 spiro atoms. The molecule has 1 aliphatic rings. The molecule has 0 amide bonds. The lowest BCUT2D eigenvalue weighted by Gasteiger charge is -2.26. The van der Waals surface area contributed by atoms with E-state index in [2.05, 4.69) is 0 Å². The van der Waals surface area contributed by atoms with E-state index in [0.29, 0.717) is 12.1 Å². The van der Waals surface area contributed by atoms with E-state index in [1.807, 2.05) is 6.92 Å². The van der Waals surface area contributed by atoms with Gasteiger partial charge in [-0.2, -0.15) is 24.9 Å². The molecule has 2 atom stereocenters. The van der Waals surface area contributed by atoms with Crippen molar-refractivity contribution in [3.05, 3.63) is 35.1 Å². The topological polar surface area (TPSA) is 17.1 Å². The highest BCUT2D eigenvalue weighted by Gasteiger charge is 2.35. The maximum absolute atomic E-state index is 13.5. The molecule has 20 heavy (non-hydrogen) atoms. The van der Waals surface area contributed by atoms with E-state index in [9.17, 15) is 22.4 Å². The first-order chi connectivity index (χ1) is 9.30. The summed E-state index contributed by atoms with van der Waals surface area (Å²) in [6.45, 7) is 1.90. The minimum Gasteiger partial charge on any atom is -0.293 e. The van der Waals surface area contributed by atoms with Crippen LogP contribution in [0.25, 0.3) is 0 Å². The molecule has 7 heteroatoms. The lowest BCUT2D eigenvalue weighted by molar-refractivity contribution is -0.140. The maximum Gasteiger partial charge on any atom is 0.419 e. The van der Waals surface area contributed by atoms with Gasteiger partial charge in [-0.1, -0.05) is 13.0 Å².